The topological polar surface area (TPSA) is 85.4 Å². The number of carbonyl (C=O) groups is 2. The summed E-state index contributed by atoms with van der Waals surface area (Å²) in [5.41, 5.74) is 4.19. The molecule has 1 unspecified atom stereocenters. The van der Waals surface area contributed by atoms with Crippen molar-refractivity contribution >= 4 is 28.8 Å². The van der Waals surface area contributed by atoms with E-state index in [-0.39, 0.29) is 5.91 Å². The van der Waals surface area contributed by atoms with Crippen molar-refractivity contribution in [1.29, 1.82) is 0 Å². The molecule has 29 heavy (non-hydrogen) atoms. The van der Waals surface area contributed by atoms with Crippen LogP contribution >= 0.6 is 0 Å². The molecule has 6 heteroatoms. The Morgan fingerprint density at radius 2 is 1.90 bits per heavy atom. The van der Waals surface area contributed by atoms with Crippen LogP contribution in [-0.4, -0.2) is 46.0 Å². The van der Waals surface area contributed by atoms with Crippen LogP contribution in [0.25, 0.3) is 17.0 Å². The average molecular weight is 389 g/mol. The second-order valence-electron chi connectivity index (χ2n) is 7.13. The maximum atomic E-state index is 12.9. The highest BCUT2D eigenvalue weighted by Gasteiger charge is 2.29. The van der Waals surface area contributed by atoms with E-state index in [1.54, 1.807) is 11.0 Å². The molecule has 0 radical (unpaired) electrons. The minimum Gasteiger partial charge on any atom is -0.394 e. The summed E-state index contributed by atoms with van der Waals surface area (Å²) >= 11 is 0. The van der Waals surface area contributed by atoms with Gasteiger partial charge in [0.25, 0.3) is 0 Å². The third-order valence-electron chi connectivity index (χ3n) is 5.22. The molecule has 4 rings (SSSR count). The lowest BCUT2D eigenvalue weighted by molar-refractivity contribution is -0.137. The standard InChI is InChI=1S/C23H23N3O3/c27-15-21(25-22(28)11-10-16-6-2-1-3-7-16)23(29)26-13-12-18-17-8-4-5-9-19(17)24-20(18)14-26/h1-11,21,24,27H,12-15H2,(H,25,28). The normalized spacial score (nSPS) is 14.7. The van der Waals surface area contributed by atoms with E-state index >= 15 is 0 Å². The molecule has 3 N–H and O–H groups in total. The quantitative estimate of drug-likeness (QED) is 0.585. The summed E-state index contributed by atoms with van der Waals surface area (Å²) in [7, 11) is 0. The van der Waals surface area contributed by atoms with Crippen LogP contribution in [0.4, 0.5) is 0 Å². The van der Waals surface area contributed by atoms with E-state index in [0.29, 0.717) is 13.1 Å². The molecule has 0 saturated heterocycles. The van der Waals surface area contributed by atoms with Crippen molar-refractivity contribution in [2.75, 3.05) is 13.2 Å². The molecule has 1 aromatic heterocycles. The first-order valence-corrected chi connectivity index (χ1v) is 9.67. The molecular formula is C23H23N3O3. The number of carbonyl (C=O) groups excluding carboxylic acids is 2. The summed E-state index contributed by atoms with van der Waals surface area (Å²) in [6, 6.07) is 16.5. The number of para-hydroxylation sites is 1. The first-order valence-electron chi connectivity index (χ1n) is 9.67. The second kappa shape index (κ2) is 8.32. The first-order chi connectivity index (χ1) is 14.2. The molecule has 0 aliphatic carbocycles. The number of amides is 2. The van der Waals surface area contributed by atoms with Gasteiger partial charge in [0.1, 0.15) is 6.04 Å². The van der Waals surface area contributed by atoms with Gasteiger partial charge in [0.05, 0.1) is 13.2 Å². The molecule has 1 aliphatic rings. The SMILES string of the molecule is O=C(C=Cc1ccccc1)NC(CO)C(=O)N1CCc2c([nH]c3ccccc23)C1. The van der Waals surface area contributed by atoms with E-state index in [9.17, 15) is 14.7 Å². The number of benzene rings is 2. The largest absolute Gasteiger partial charge is 0.394 e. The van der Waals surface area contributed by atoms with Crippen LogP contribution in [0.5, 0.6) is 0 Å². The first kappa shape index (κ1) is 19.0. The van der Waals surface area contributed by atoms with Gasteiger partial charge in [-0.2, -0.15) is 0 Å². The summed E-state index contributed by atoms with van der Waals surface area (Å²) in [5, 5.41) is 13.5. The number of fused-ring (bicyclic) bond motifs is 3. The Kier molecular flexibility index (Phi) is 5.44. The third-order valence-corrected chi connectivity index (χ3v) is 5.22. The lowest BCUT2D eigenvalue weighted by Crippen LogP contribution is -2.51. The van der Waals surface area contributed by atoms with E-state index < -0.39 is 18.6 Å². The molecule has 0 bridgehead atoms. The Bertz CT molecular complexity index is 1060. The Morgan fingerprint density at radius 1 is 1.14 bits per heavy atom. The second-order valence-corrected chi connectivity index (χ2v) is 7.13. The minimum absolute atomic E-state index is 0.279. The molecule has 2 amide bonds. The van der Waals surface area contributed by atoms with Gasteiger partial charge in [0, 0.05) is 29.2 Å². The van der Waals surface area contributed by atoms with Crippen LogP contribution in [0.1, 0.15) is 16.8 Å². The molecule has 2 heterocycles. The van der Waals surface area contributed by atoms with E-state index in [4.69, 9.17) is 0 Å². The number of aromatic amines is 1. The van der Waals surface area contributed by atoms with Gasteiger partial charge >= 0.3 is 0 Å². The van der Waals surface area contributed by atoms with Crippen molar-refractivity contribution in [2.45, 2.75) is 19.0 Å². The molecule has 148 valence electrons. The predicted octanol–water partition coefficient (Wildman–Crippen LogP) is 2.24. The van der Waals surface area contributed by atoms with E-state index in [1.807, 2.05) is 48.5 Å². The zero-order chi connectivity index (χ0) is 20.2. The van der Waals surface area contributed by atoms with Gasteiger partial charge in [-0.1, -0.05) is 48.5 Å². The van der Waals surface area contributed by atoms with Gasteiger partial charge in [-0.05, 0) is 29.7 Å². The van der Waals surface area contributed by atoms with Crippen molar-refractivity contribution in [3.05, 3.63) is 77.5 Å². The lowest BCUT2D eigenvalue weighted by Gasteiger charge is -2.30. The fourth-order valence-electron chi connectivity index (χ4n) is 3.74. The van der Waals surface area contributed by atoms with Crippen LogP contribution in [-0.2, 0) is 22.6 Å². The summed E-state index contributed by atoms with van der Waals surface area (Å²) in [5.74, 6) is -0.692. The molecule has 1 aliphatic heterocycles. The van der Waals surface area contributed by atoms with Gasteiger partial charge in [-0.3, -0.25) is 9.59 Å². The average Bonchev–Trinajstić information content (AvgIpc) is 3.14. The zero-order valence-electron chi connectivity index (χ0n) is 16.0. The number of rotatable bonds is 5. The smallest absolute Gasteiger partial charge is 0.247 e. The number of nitrogens with zero attached hydrogens (tertiary/aromatic N) is 1. The highest BCUT2D eigenvalue weighted by Crippen LogP contribution is 2.27. The van der Waals surface area contributed by atoms with Crippen molar-refractivity contribution in [1.82, 2.24) is 15.2 Å². The zero-order valence-corrected chi connectivity index (χ0v) is 16.0. The number of H-pyrrole nitrogens is 1. The third kappa shape index (κ3) is 4.07. The Morgan fingerprint density at radius 3 is 2.69 bits per heavy atom. The van der Waals surface area contributed by atoms with Crippen LogP contribution < -0.4 is 5.32 Å². The monoisotopic (exact) mass is 389 g/mol. The lowest BCUT2D eigenvalue weighted by atomic mass is 10.0. The molecule has 2 aromatic carbocycles. The fourth-order valence-corrected chi connectivity index (χ4v) is 3.74. The van der Waals surface area contributed by atoms with E-state index in [1.165, 1.54) is 17.0 Å². The van der Waals surface area contributed by atoms with Gasteiger partial charge < -0.3 is 20.3 Å². The maximum absolute atomic E-state index is 12.9. The number of aromatic nitrogens is 1. The van der Waals surface area contributed by atoms with Crippen LogP contribution in [0.3, 0.4) is 0 Å². The Hall–Kier alpha value is -3.38. The number of nitrogens with one attached hydrogen (secondary N) is 2. The summed E-state index contributed by atoms with van der Waals surface area (Å²) in [6.07, 6.45) is 3.79. The van der Waals surface area contributed by atoms with Gasteiger partial charge in [-0.15, -0.1) is 0 Å². The highest BCUT2D eigenvalue weighted by atomic mass is 16.3. The number of aliphatic hydroxyl groups excluding tert-OH is 1. The van der Waals surface area contributed by atoms with Gasteiger partial charge in [0.15, 0.2) is 0 Å². The number of aliphatic hydroxyl groups is 1. The number of hydrogen-bond acceptors (Lipinski definition) is 3. The molecular weight excluding hydrogens is 366 g/mol. The molecule has 6 nitrogen and oxygen atoms in total. The van der Waals surface area contributed by atoms with Crippen molar-refractivity contribution < 1.29 is 14.7 Å². The number of hydrogen-bond donors (Lipinski definition) is 3. The van der Waals surface area contributed by atoms with Crippen molar-refractivity contribution in [3.8, 4) is 0 Å². The molecule has 1 atom stereocenters. The molecule has 0 spiro atoms. The minimum atomic E-state index is -0.964. The summed E-state index contributed by atoms with van der Waals surface area (Å²) < 4.78 is 0. The van der Waals surface area contributed by atoms with Crippen molar-refractivity contribution in [2.24, 2.45) is 0 Å². The van der Waals surface area contributed by atoms with E-state index in [2.05, 4.69) is 16.4 Å². The summed E-state index contributed by atoms with van der Waals surface area (Å²) in [4.78, 5) is 30.1. The maximum Gasteiger partial charge on any atom is 0.247 e. The fraction of sp³-hybridized carbons (Fsp3) is 0.217. The molecule has 0 fully saturated rings. The van der Waals surface area contributed by atoms with Gasteiger partial charge in [0.2, 0.25) is 11.8 Å². The predicted molar refractivity (Wildman–Crippen MR) is 112 cm³/mol. The van der Waals surface area contributed by atoms with Crippen LogP contribution in [0, 0.1) is 0 Å². The van der Waals surface area contributed by atoms with Crippen LogP contribution in [0.15, 0.2) is 60.7 Å². The van der Waals surface area contributed by atoms with E-state index in [0.717, 1.165) is 23.2 Å². The molecule has 3 aromatic rings. The van der Waals surface area contributed by atoms with Crippen molar-refractivity contribution in [3.63, 3.8) is 0 Å². The Labute approximate surface area is 168 Å². The Balaban J connectivity index is 1.42. The molecule has 0 saturated carbocycles. The van der Waals surface area contributed by atoms with Crippen LogP contribution in [0.2, 0.25) is 0 Å². The van der Waals surface area contributed by atoms with Gasteiger partial charge in [-0.25, -0.2) is 0 Å². The summed E-state index contributed by atoms with van der Waals surface area (Å²) in [6.45, 7) is 0.550. The highest BCUT2D eigenvalue weighted by molar-refractivity contribution is 5.95.